The molecule has 1 amide bonds. The van der Waals surface area contributed by atoms with E-state index in [2.05, 4.69) is 22.9 Å². The van der Waals surface area contributed by atoms with E-state index in [-0.39, 0.29) is 5.91 Å². The van der Waals surface area contributed by atoms with E-state index in [1.54, 1.807) is 12.3 Å². The van der Waals surface area contributed by atoms with E-state index in [0.717, 1.165) is 21.7 Å². The van der Waals surface area contributed by atoms with Crippen LogP contribution in [0.4, 0.5) is 0 Å². The lowest BCUT2D eigenvalue weighted by Gasteiger charge is -2.08. The van der Waals surface area contributed by atoms with Crippen molar-refractivity contribution in [3.8, 4) is 0 Å². The minimum Gasteiger partial charge on any atom is -0.348 e. The number of pyridine rings is 1. The summed E-state index contributed by atoms with van der Waals surface area (Å²) in [5.41, 5.74) is 3.55. The zero-order valence-corrected chi connectivity index (χ0v) is 11.9. The molecule has 0 atom stereocenters. The van der Waals surface area contributed by atoms with Crippen LogP contribution in [0.3, 0.4) is 0 Å². The van der Waals surface area contributed by atoms with Gasteiger partial charge >= 0.3 is 0 Å². The number of rotatable bonds is 3. The molecule has 0 aliphatic carbocycles. The Bertz CT molecular complexity index is 594. The number of amides is 1. The lowest BCUT2D eigenvalue weighted by molar-refractivity contribution is 0.0950. The molecule has 0 fully saturated rings. The molecule has 2 rings (SSSR count). The van der Waals surface area contributed by atoms with E-state index in [1.165, 1.54) is 0 Å². The first-order chi connectivity index (χ1) is 9.06. The van der Waals surface area contributed by atoms with Crippen molar-refractivity contribution in [2.75, 3.05) is 0 Å². The smallest absolute Gasteiger partial charge is 0.251 e. The predicted molar refractivity (Wildman–Crippen MR) is 78.6 cm³/mol. The highest BCUT2D eigenvalue weighted by Gasteiger charge is 2.08. The Kier molecular flexibility index (Phi) is 4.22. The van der Waals surface area contributed by atoms with E-state index in [1.807, 2.05) is 38.1 Å². The SMILES string of the molecule is Cc1ccc(CNC(=O)c2cc(S)ccc2C)cn1. The van der Waals surface area contributed by atoms with Crippen LogP contribution in [0.1, 0.15) is 27.2 Å². The first-order valence-electron chi connectivity index (χ1n) is 6.05. The van der Waals surface area contributed by atoms with Crippen LogP contribution in [-0.2, 0) is 6.54 Å². The van der Waals surface area contributed by atoms with E-state index in [0.29, 0.717) is 12.1 Å². The number of aryl methyl sites for hydroxylation is 2. The summed E-state index contributed by atoms with van der Waals surface area (Å²) in [6.45, 7) is 4.32. The Labute approximate surface area is 118 Å². The zero-order chi connectivity index (χ0) is 13.8. The minimum atomic E-state index is -0.0889. The third-order valence-corrected chi connectivity index (χ3v) is 3.17. The molecular formula is C15H16N2OS. The highest BCUT2D eigenvalue weighted by Crippen LogP contribution is 2.14. The average molecular weight is 272 g/mol. The third-order valence-electron chi connectivity index (χ3n) is 2.89. The molecule has 0 bridgehead atoms. The van der Waals surface area contributed by atoms with Crippen LogP contribution in [0.25, 0.3) is 0 Å². The van der Waals surface area contributed by atoms with Gasteiger partial charge in [0.1, 0.15) is 0 Å². The summed E-state index contributed by atoms with van der Waals surface area (Å²) >= 11 is 4.26. The number of hydrogen-bond acceptors (Lipinski definition) is 3. The molecule has 1 heterocycles. The van der Waals surface area contributed by atoms with Gasteiger partial charge in [0.15, 0.2) is 0 Å². The Morgan fingerprint density at radius 2 is 2.05 bits per heavy atom. The van der Waals surface area contributed by atoms with Crippen molar-refractivity contribution in [2.45, 2.75) is 25.3 Å². The van der Waals surface area contributed by atoms with Crippen molar-refractivity contribution >= 4 is 18.5 Å². The van der Waals surface area contributed by atoms with Gasteiger partial charge in [-0.15, -0.1) is 12.6 Å². The quantitative estimate of drug-likeness (QED) is 0.844. The zero-order valence-electron chi connectivity index (χ0n) is 11.0. The highest BCUT2D eigenvalue weighted by molar-refractivity contribution is 7.80. The maximum atomic E-state index is 12.1. The number of nitrogens with zero attached hydrogens (tertiary/aromatic N) is 1. The summed E-state index contributed by atoms with van der Waals surface area (Å²) in [7, 11) is 0. The molecule has 2 aromatic rings. The minimum absolute atomic E-state index is 0.0889. The molecule has 0 spiro atoms. The molecule has 0 radical (unpaired) electrons. The third kappa shape index (κ3) is 3.58. The Hall–Kier alpha value is -1.81. The van der Waals surface area contributed by atoms with Crippen LogP contribution < -0.4 is 5.32 Å². The monoisotopic (exact) mass is 272 g/mol. The van der Waals surface area contributed by atoms with Crippen molar-refractivity contribution in [3.05, 3.63) is 58.9 Å². The van der Waals surface area contributed by atoms with E-state index in [4.69, 9.17) is 0 Å². The van der Waals surface area contributed by atoms with Gasteiger partial charge in [-0.05, 0) is 43.2 Å². The maximum absolute atomic E-state index is 12.1. The standard InChI is InChI=1S/C15H16N2OS/c1-10-3-6-13(19)7-14(10)15(18)17-9-12-5-4-11(2)16-8-12/h3-8,19H,9H2,1-2H3,(H,17,18). The molecule has 0 saturated heterocycles. The lowest BCUT2D eigenvalue weighted by atomic mass is 10.1. The summed E-state index contributed by atoms with van der Waals surface area (Å²) in [6, 6.07) is 9.44. The number of benzene rings is 1. The first kappa shape index (κ1) is 13.6. The number of nitrogens with one attached hydrogen (secondary N) is 1. The van der Waals surface area contributed by atoms with Crippen LogP contribution in [-0.4, -0.2) is 10.9 Å². The molecule has 4 heteroatoms. The van der Waals surface area contributed by atoms with Gasteiger partial charge in [-0.25, -0.2) is 0 Å². The Balaban J connectivity index is 2.05. The second-order valence-electron chi connectivity index (χ2n) is 4.49. The van der Waals surface area contributed by atoms with E-state index < -0.39 is 0 Å². The van der Waals surface area contributed by atoms with E-state index >= 15 is 0 Å². The van der Waals surface area contributed by atoms with Crippen molar-refractivity contribution in [1.82, 2.24) is 10.3 Å². The number of aromatic nitrogens is 1. The summed E-state index contributed by atoms with van der Waals surface area (Å²) in [5.74, 6) is -0.0889. The molecule has 1 N–H and O–H groups in total. The van der Waals surface area contributed by atoms with Crippen LogP contribution in [0.5, 0.6) is 0 Å². The van der Waals surface area contributed by atoms with Crippen LogP contribution in [0.2, 0.25) is 0 Å². The summed E-state index contributed by atoms with van der Waals surface area (Å²) in [4.78, 5) is 17.1. The largest absolute Gasteiger partial charge is 0.348 e. The lowest BCUT2D eigenvalue weighted by Crippen LogP contribution is -2.23. The van der Waals surface area contributed by atoms with Crippen LogP contribution in [0.15, 0.2) is 41.4 Å². The van der Waals surface area contributed by atoms with Gasteiger partial charge in [-0.2, -0.15) is 0 Å². The fourth-order valence-corrected chi connectivity index (χ4v) is 1.94. The van der Waals surface area contributed by atoms with Crippen molar-refractivity contribution in [1.29, 1.82) is 0 Å². The Morgan fingerprint density at radius 3 is 2.74 bits per heavy atom. The first-order valence-corrected chi connectivity index (χ1v) is 6.50. The van der Waals surface area contributed by atoms with Gasteiger partial charge in [0.2, 0.25) is 0 Å². The molecule has 0 saturated carbocycles. The number of thiol groups is 1. The van der Waals surface area contributed by atoms with Gasteiger partial charge in [-0.3, -0.25) is 9.78 Å². The van der Waals surface area contributed by atoms with Crippen molar-refractivity contribution in [2.24, 2.45) is 0 Å². The number of carbonyl (C=O) groups is 1. The second-order valence-corrected chi connectivity index (χ2v) is 5.01. The second kappa shape index (κ2) is 5.89. The van der Waals surface area contributed by atoms with Gasteiger partial charge < -0.3 is 5.32 Å². The van der Waals surface area contributed by atoms with Crippen molar-refractivity contribution in [3.63, 3.8) is 0 Å². The summed E-state index contributed by atoms with van der Waals surface area (Å²) in [6.07, 6.45) is 1.78. The fraction of sp³-hybridized carbons (Fsp3) is 0.200. The van der Waals surface area contributed by atoms with Gasteiger partial charge in [-0.1, -0.05) is 12.1 Å². The maximum Gasteiger partial charge on any atom is 0.251 e. The summed E-state index contributed by atoms with van der Waals surface area (Å²) < 4.78 is 0. The van der Waals surface area contributed by atoms with Crippen LogP contribution in [0, 0.1) is 13.8 Å². The predicted octanol–water partition coefficient (Wildman–Crippen LogP) is 2.92. The molecule has 19 heavy (non-hydrogen) atoms. The van der Waals surface area contributed by atoms with E-state index in [9.17, 15) is 4.79 Å². The molecule has 98 valence electrons. The molecule has 1 aromatic carbocycles. The normalized spacial score (nSPS) is 10.3. The highest BCUT2D eigenvalue weighted by atomic mass is 32.1. The molecule has 1 aromatic heterocycles. The fourth-order valence-electron chi connectivity index (χ4n) is 1.74. The Morgan fingerprint density at radius 1 is 1.26 bits per heavy atom. The topological polar surface area (TPSA) is 42.0 Å². The van der Waals surface area contributed by atoms with Gasteiger partial charge in [0, 0.05) is 28.9 Å². The van der Waals surface area contributed by atoms with Gasteiger partial charge in [0.25, 0.3) is 5.91 Å². The molecular weight excluding hydrogens is 256 g/mol. The average Bonchev–Trinajstić information content (AvgIpc) is 2.40. The molecule has 0 aliphatic heterocycles. The van der Waals surface area contributed by atoms with Crippen LogP contribution >= 0.6 is 12.6 Å². The number of hydrogen-bond donors (Lipinski definition) is 2. The number of carbonyl (C=O) groups excluding carboxylic acids is 1. The molecule has 0 aliphatic rings. The van der Waals surface area contributed by atoms with Crippen molar-refractivity contribution < 1.29 is 4.79 Å². The molecule has 3 nitrogen and oxygen atoms in total. The summed E-state index contributed by atoms with van der Waals surface area (Å²) in [5, 5.41) is 2.89. The van der Waals surface area contributed by atoms with Gasteiger partial charge in [0.05, 0.1) is 0 Å². The molecule has 0 unspecified atom stereocenters.